The third-order valence-electron chi connectivity index (χ3n) is 3.58. The van der Waals surface area contributed by atoms with Gasteiger partial charge in [-0.25, -0.2) is 0 Å². The number of nitro benzene ring substituents is 1. The molecule has 1 aromatic carbocycles. The van der Waals surface area contributed by atoms with E-state index in [0.717, 1.165) is 25.3 Å². The van der Waals surface area contributed by atoms with E-state index in [0.29, 0.717) is 18.4 Å². The van der Waals surface area contributed by atoms with Crippen LogP contribution in [-0.4, -0.2) is 49.2 Å². The van der Waals surface area contributed by atoms with Crippen LogP contribution in [0.2, 0.25) is 0 Å². The summed E-state index contributed by atoms with van der Waals surface area (Å²) in [5, 5.41) is 10.7. The van der Waals surface area contributed by atoms with E-state index >= 15 is 0 Å². The number of ether oxygens (including phenoxy) is 1. The molecule has 0 unspecified atom stereocenters. The van der Waals surface area contributed by atoms with Crippen LogP contribution < -0.4 is 9.64 Å². The largest absolute Gasteiger partial charge is 0.489 e. The molecule has 0 saturated carbocycles. The summed E-state index contributed by atoms with van der Waals surface area (Å²) in [4.78, 5) is 14.9. The molecule has 0 radical (unpaired) electrons. The van der Waals surface area contributed by atoms with E-state index in [1.54, 1.807) is 12.1 Å². The molecule has 0 aromatic heterocycles. The van der Waals surface area contributed by atoms with Crippen LogP contribution in [0.1, 0.15) is 0 Å². The number of hydrogen-bond acceptors (Lipinski definition) is 5. The molecule has 0 bridgehead atoms. The summed E-state index contributed by atoms with van der Waals surface area (Å²) in [7, 11) is 2.10. The highest BCUT2D eigenvalue weighted by molar-refractivity contribution is 5.64. The fourth-order valence-electron chi connectivity index (χ4n) is 2.63. The fraction of sp³-hybridized carbons (Fsp3) is 0.500. The van der Waals surface area contributed by atoms with Gasteiger partial charge in [0, 0.05) is 25.7 Å². The molecule has 96 valence electrons. The zero-order chi connectivity index (χ0) is 12.7. The molecule has 1 atom stereocenters. The highest BCUT2D eigenvalue weighted by Gasteiger charge is 2.32. The van der Waals surface area contributed by atoms with Gasteiger partial charge < -0.3 is 14.5 Å². The Morgan fingerprint density at radius 2 is 2.28 bits per heavy atom. The second-order valence-electron chi connectivity index (χ2n) is 4.83. The number of hydrogen-bond donors (Lipinski definition) is 0. The number of benzene rings is 1. The van der Waals surface area contributed by atoms with Crippen LogP contribution in [0.4, 0.5) is 11.4 Å². The Morgan fingerprint density at radius 1 is 1.44 bits per heavy atom. The molecule has 3 rings (SSSR count). The number of fused-ring (bicyclic) bond motifs is 3. The lowest BCUT2D eigenvalue weighted by Crippen LogP contribution is -2.56. The summed E-state index contributed by atoms with van der Waals surface area (Å²) in [5.74, 6) is 0.630. The fourth-order valence-corrected chi connectivity index (χ4v) is 2.63. The Morgan fingerprint density at radius 3 is 3.06 bits per heavy atom. The Balaban J connectivity index is 1.93. The van der Waals surface area contributed by atoms with E-state index < -0.39 is 0 Å². The van der Waals surface area contributed by atoms with Crippen LogP contribution in [-0.2, 0) is 0 Å². The van der Waals surface area contributed by atoms with Crippen molar-refractivity contribution in [3.63, 3.8) is 0 Å². The maximum Gasteiger partial charge on any atom is 0.273 e. The minimum Gasteiger partial charge on any atom is -0.489 e. The average Bonchev–Trinajstić information content (AvgIpc) is 2.37. The lowest BCUT2D eigenvalue weighted by atomic mass is 10.1. The molecule has 0 aliphatic carbocycles. The molecular formula is C12H15N3O3. The molecule has 6 nitrogen and oxygen atoms in total. The number of anilines is 1. The van der Waals surface area contributed by atoms with Gasteiger partial charge in [0.15, 0.2) is 0 Å². The first-order valence-corrected chi connectivity index (χ1v) is 6.01. The molecule has 18 heavy (non-hydrogen) atoms. The SMILES string of the molecule is CN1CCN2c3ccc([N+](=O)[O-])cc3OC[C@@H]2C1. The molecule has 2 aliphatic heterocycles. The van der Waals surface area contributed by atoms with Crippen LogP contribution >= 0.6 is 0 Å². The predicted octanol–water partition coefficient (Wildman–Crippen LogP) is 1.11. The van der Waals surface area contributed by atoms with Crippen LogP contribution in [0, 0.1) is 10.1 Å². The van der Waals surface area contributed by atoms with Crippen molar-refractivity contribution in [3.8, 4) is 5.75 Å². The van der Waals surface area contributed by atoms with Crippen molar-refractivity contribution in [1.82, 2.24) is 4.90 Å². The van der Waals surface area contributed by atoms with Gasteiger partial charge in [-0.2, -0.15) is 0 Å². The Labute approximate surface area is 105 Å². The van der Waals surface area contributed by atoms with Crippen LogP contribution in [0.25, 0.3) is 0 Å². The number of rotatable bonds is 1. The summed E-state index contributed by atoms with van der Waals surface area (Å²) in [5.41, 5.74) is 1.06. The molecule has 2 heterocycles. The summed E-state index contributed by atoms with van der Waals surface area (Å²) in [6.45, 7) is 3.51. The second-order valence-corrected chi connectivity index (χ2v) is 4.83. The maximum absolute atomic E-state index is 10.7. The van der Waals surface area contributed by atoms with E-state index in [1.165, 1.54) is 6.07 Å². The minimum atomic E-state index is -0.389. The third-order valence-corrected chi connectivity index (χ3v) is 3.58. The number of piperazine rings is 1. The monoisotopic (exact) mass is 249 g/mol. The first kappa shape index (κ1) is 11.3. The zero-order valence-electron chi connectivity index (χ0n) is 10.2. The van der Waals surface area contributed by atoms with E-state index in [9.17, 15) is 10.1 Å². The van der Waals surface area contributed by atoms with Crippen molar-refractivity contribution in [2.24, 2.45) is 0 Å². The van der Waals surface area contributed by atoms with Crippen LogP contribution in [0.15, 0.2) is 18.2 Å². The summed E-state index contributed by atoms with van der Waals surface area (Å²) < 4.78 is 5.66. The normalized spacial score (nSPS) is 22.9. The number of non-ortho nitro benzene ring substituents is 1. The van der Waals surface area contributed by atoms with E-state index in [-0.39, 0.29) is 10.6 Å². The molecule has 2 aliphatic rings. The summed E-state index contributed by atoms with van der Waals surface area (Å²) in [6.07, 6.45) is 0. The Bertz CT molecular complexity index is 491. The topological polar surface area (TPSA) is 58.9 Å². The smallest absolute Gasteiger partial charge is 0.273 e. The molecular weight excluding hydrogens is 234 g/mol. The van der Waals surface area contributed by atoms with Gasteiger partial charge in [-0.3, -0.25) is 10.1 Å². The highest BCUT2D eigenvalue weighted by atomic mass is 16.6. The molecule has 1 saturated heterocycles. The molecule has 0 amide bonds. The van der Waals surface area contributed by atoms with Crippen molar-refractivity contribution in [2.75, 3.05) is 38.2 Å². The van der Waals surface area contributed by atoms with Gasteiger partial charge in [0.1, 0.15) is 12.4 Å². The predicted molar refractivity (Wildman–Crippen MR) is 67.2 cm³/mol. The lowest BCUT2D eigenvalue weighted by molar-refractivity contribution is -0.384. The second kappa shape index (κ2) is 4.13. The van der Waals surface area contributed by atoms with Gasteiger partial charge in [0.2, 0.25) is 0 Å². The van der Waals surface area contributed by atoms with E-state index in [4.69, 9.17) is 4.74 Å². The van der Waals surface area contributed by atoms with E-state index in [1.807, 2.05) is 0 Å². The minimum absolute atomic E-state index is 0.0846. The van der Waals surface area contributed by atoms with E-state index in [2.05, 4.69) is 16.8 Å². The number of likely N-dealkylation sites (N-methyl/N-ethyl adjacent to an activating group) is 1. The van der Waals surface area contributed by atoms with Crippen molar-refractivity contribution in [2.45, 2.75) is 6.04 Å². The summed E-state index contributed by atoms with van der Waals surface area (Å²) in [6, 6.07) is 5.20. The highest BCUT2D eigenvalue weighted by Crippen LogP contribution is 2.37. The standard InChI is InChI=1S/C12H15N3O3/c1-13-4-5-14-10(7-13)8-18-12-6-9(15(16)17)2-3-11(12)14/h2-3,6,10H,4-5,7-8H2,1H3/t10-/m0/s1. The van der Waals surface area contributed by atoms with Gasteiger partial charge in [-0.15, -0.1) is 0 Å². The number of nitrogens with zero attached hydrogens (tertiary/aromatic N) is 3. The molecule has 1 fully saturated rings. The zero-order valence-corrected chi connectivity index (χ0v) is 10.2. The molecule has 0 N–H and O–H groups in total. The van der Waals surface area contributed by atoms with Crippen molar-refractivity contribution >= 4 is 11.4 Å². The quantitative estimate of drug-likeness (QED) is 0.551. The molecule has 6 heteroatoms. The molecule has 1 aromatic rings. The van der Waals surface area contributed by atoms with Crippen LogP contribution in [0.3, 0.4) is 0 Å². The number of nitro groups is 1. The van der Waals surface area contributed by atoms with Gasteiger partial charge in [-0.05, 0) is 13.1 Å². The average molecular weight is 249 g/mol. The first-order chi connectivity index (χ1) is 8.65. The maximum atomic E-state index is 10.7. The van der Waals surface area contributed by atoms with Gasteiger partial charge >= 0.3 is 0 Å². The van der Waals surface area contributed by atoms with Gasteiger partial charge in [0.25, 0.3) is 5.69 Å². The summed E-state index contributed by atoms with van der Waals surface area (Å²) >= 11 is 0. The van der Waals surface area contributed by atoms with Crippen molar-refractivity contribution in [1.29, 1.82) is 0 Å². The lowest BCUT2D eigenvalue weighted by Gasteiger charge is -2.44. The third kappa shape index (κ3) is 1.78. The van der Waals surface area contributed by atoms with Gasteiger partial charge in [0.05, 0.1) is 22.7 Å². The Hall–Kier alpha value is -1.82. The van der Waals surface area contributed by atoms with Crippen molar-refractivity contribution < 1.29 is 9.66 Å². The van der Waals surface area contributed by atoms with Crippen molar-refractivity contribution in [3.05, 3.63) is 28.3 Å². The molecule has 0 spiro atoms. The van der Waals surface area contributed by atoms with Crippen LogP contribution in [0.5, 0.6) is 5.75 Å². The van der Waals surface area contributed by atoms with Gasteiger partial charge in [-0.1, -0.05) is 0 Å². The first-order valence-electron chi connectivity index (χ1n) is 6.01. The Kier molecular flexibility index (Phi) is 2.59.